The summed E-state index contributed by atoms with van der Waals surface area (Å²) in [4.78, 5) is 0. The molecule has 0 bridgehead atoms. The highest BCUT2D eigenvalue weighted by Crippen LogP contribution is 2.40. The van der Waals surface area contributed by atoms with E-state index in [1.807, 2.05) is 4.68 Å². The molecule has 2 nitrogen and oxygen atoms in total. The van der Waals surface area contributed by atoms with Crippen LogP contribution in [0.15, 0.2) is 24.3 Å². The minimum atomic E-state index is 1.21. The highest BCUT2D eigenvalue weighted by Gasteiger charge is 2.23. The lowest BCUT2D eigenvalue weighted by atomic mass is 9.98. The van der Waals surface area contributed by atoms with Crippen LogP contribution >= 0.6 is 0 Å². The topological polar surface area (TPSA) is 30.9 Å². The second kappa shape index (κ2) is 3.57. The van der Waals surface area contributed by atoms with E-state index in [1.165, 1.54) is 60.3 Å². The molecule has 100 valence electrons. The average molecular weight is 262 g/mol. The van der Waals surface area contributed by atoms with E-state index < -0.39 is 0 Å². The largest absolute Gasteiger partial charge is 0.339 e. The molecule has 0 unspecified atom stereocenters. The lowest BCUT2D eigenvalue weighted by Crippen LogP contribution is -2.06. The maximum Gasteiger partial charge on any atom is 0.0706 e. The van der Waals surface area contributed by atoms with Gasteiger partial charge in [0.05, 0.1) is 11.0 Å². The molecule has 2 aliphatic carbocycles. The highest BCUT2D eigenvalue weighted by molar-refractivity contribution is 6.12. The number of aromatic nitrogens is 1. The molecule has 1 aromatic heterocycles. The summed E-state index contributed by atoms with van der Waals surface area (Å²) in [6.07, 6.45) is 7.49. The fourth-order valence-electron chi connectivity index (χ4n) is 4.40. The molecule has 0 amide bonds. The van der Waals surface area contributed by atoms with Gasteiger partial charge in [0.1, 0.15) is 0 Å². The van der Waals surface area contributed by atoms with Gasteiger partial charge in [-0.2, -0.15) is 0 Å². The van der Waals surface area contributed by atoms with Crippen molar-refractivity contribution in [2.45, 2.75) is 38.5 Å². The molecular weight excluding hydrogens is 244 g/mol. The molecule has 2 N–H and O–H groups in total. The maximum absolute atomic E-state index is 6.38. The first-order valence-corrected chi connectivity index (χ1v) is 7.69. The third kappa shape index (κ3) is 1.16. The zero-order valence-corrected chi connectivity index (χ0v) is 11.6. The lowest BCUT2D eigenvalue weighted by Gasteiger charge is -2.05. The summed E-state index contributed by atoms with van der Waals surface area (Å²) in [6, 6.07) is 9.02. The SMILES string of the molecule is Nn1c2ccc3c(c2c2c4c(ccc21)CCC4)CCC3. The molecule has 0 atom stereocenters. The first kappa shape index (κ1) is 10.8. The van der Waals surface area contributed by atoms with Gasteiger partial charge in [-0.3, -0.25) is 4.68 Å². The Morgan fingerprint density at radius 1 is 0.700 bits per heavy atom. The van der Waals surface area contributed by atoms with Gasteiger partial charge in [0.2, 0.25) is 0 Å². The van der Waals surface area contributed by atoms with E-state index in [4.69, 9.17) is 5.84 Å². The second-order valence-corrected chi connectivity index (χ2v) is 6.27. The smallest absolute Gasteiger partial charge is 0.0706 e. The van der Waals surface area contributed by atoms with Gasteiger partial charge in [-0.05, 0) is 72.9 Å². The zero-order chi connectivity index (χ0) is 13.3. The fraction of sp³-hybridized carbons (Fsp3) is 0.333. The maximum atomic E-state index is 6.38. The minimum absolute atomic E-state index is 1.21. The molecule has 0 saturated carbocycles. The van der Waals surface area contributed by atoms with Crippen LogP contribution in [-0.2, 0) is 25.7 Å². The predicted molar refractivity (Wildman–Crippen MR) is 83.6 cm³/mol. The molecule has 0 saturated heterocycles. The van der Waals surface area contributed by atoms with Gasteiger partial charge in [-0.1, -0.05) is 12.1 Å². The van der Waals surface area contributed by atoms with Crippen molar-refractivity contribution in [2.24, 2.45) is 0 Å². The van der Waals surface area contributed by atoms with E-state index in [-0.39, 0.29) is 0 Å². The van der Waals surface area contributed by atoms with Gasteiger partial charge < -0.3 is 5.84 Å². The van der Waals surface area contributed by atoms with Gasteiger partial charge in [0, 0.05) is 10.8 Å². The number of nitrogens with two attached hydrogens (primary N) is 1. The monoisotopic (exact) mass is 262 g/mol. The molecule has 0 aliphatic heterocycles. The van der Waals surface area contributed by atoms with Crippen molar-refractivity contribution in [1.82, 2.24) is 4.68 Å². The highest BCUT2D eigenvalue weighted by atomic mass is 15.3. The number of fused-ring (bicyclic) bond motifs is 7. The molecule has 0 radical (unpaired) electrons. The molecule has 2 heteroatoms. The van der Waals surface area contributed by atoms with Gasteiger partial charge in [0.25, 0.3) is 0 Å². The lowest BCUT2D eigenvalue weighted by molar-refractivity contribution is 0.912. The Morgan fingerprint density at radius 3 is 1.70 bits per heavy atom. The van der Waals surface area contributed by atoms with Crippen LogP contribution in [0.3, 0.4) is 0 Å². The van der Waals surface area contributed by atoms with E-state index in [0.29, 0.717) is 0 Å². The molecule has 20 heavy (non-hydrogen) atoms. The van der Waals surface area contributed by atoms with Gasteiger partial charge in [-0.25, -0.2) is 0 Å². The summed E-state index contributed by atoms with van der Waals surface area (Å²) in [5.41, 5.74) is 8.64. The zero-order valence-electron chi connectivity index (χ0n) is 11.6. The normalized spacial score (nSPS) is 17.0. The summed E-state index contributed by atoms with van der Waals surface area (Å²) < 4.78 is 1.90. The number of nitrogen functional groups attached to an aromatic ring is 1. The van der Waals surface area contributed by atoms with Crippen LogP contribution in [0, 0.1) is 0 Å². The minimum Gasteiger partial charge on any atom is -0.339 e. The van der Waals surface area contributed by atoms with Crippen LogP contribution in [0.25, 0.3) is 21.8 Å². The van der Waals surface area contributed by atoms with Crippen LogP contribution in [0.1, 0.15) is 35.1 Å². The number of hydrogen-bond donors (Lipinski definition) is 1. The summed E-state index contributed by atoms with van der Waals surface area (Å²) in [5.74, 6) is 6.38. The Balaban J connectivity index is 2.07. The molecule has 1 heterocycles. The first-order chi connectivity index (χ1) is 9.84. The predicted octanol–water partition coefficient (Wildman–Crippen LogP) is 3.49. The van der Waals surface area contributed by atoms with Crippen LogP contribution in [-0.4, -0.2) is 4.68 Å². The van der Waals surface area contributed by atoms with Crippen molar-refractivity contribution in [1.29, 1.82) is 0 Å². The summed E-state index contributed by atoms with van der Waals surface area (Å²) in [6.45, 7) is 0. The third-order valence-corrected chi connectivity index (χ3v) is 5.29. The molecule has 0 fully saturated rings. The summed E-state index contributed by atoms with van der Waals surface area (Å²) in [5, 5.41) is 2.91. The number of rotatable bonds is 0. The molecule has 0 spiro atoms. The van der Waals surface area contributed by atoms with Crippen LogP contribution in [0.2, 0.25) is 0 Å². The molecule has 2 aromatic carbocycles. The van der Waals surface area contributed by atoms with Crippen molar-refractivity contribution in [3.63, 3.8) is 0 Å². The second-order valence-electron chi connectivity index (χ2n) is 6.27. The Kier molecular flexibility index (Phi) is 1.93. The van der Waals surface area contributed by atoms with Crippen molar-refractivity contribution >= 4 is 21.8 Å². The van der Waals surface area contributed by atoms with Gasteiger partial charge in [0.15, 0.2) is 0 Å². The molecule has 3 aromatic rings. The molecular formula is C18H18N2. The first-order valence-electron chi connectivity index (χ1n) is 7.69. The Bertz CT molecular complexity index is 799. The van der Waals surface area contributed by atoms with Crippen molar-refractivity contribution < 1.29 is 0 Å². The van der Waals surface area contributed by atoms with Crippen molar-refractivity contribution in [3.05, 3.63) is 46.5 Å². The number of benzene rings is 2. The molecule has 5 rings (SSSR count). The number of hydrogen-bond acceptors (Lipinski definition) is 1. The Morgan fingerprint density at radius 2 is 1.20 bits per heavy atom. The van der Waals surface area contributed by atoms with Crippen LogP contribution in [0.5, 0.6) is 0 Å². The third-order valence-electron chi connectivity index (χ3n) is 5.29. The van der Waals surface area contributed by atoms with Crippen molar-refractivity contribution in [3.8, 4) is 0 Å². The van der Waals surface area contributed by atoms with E-state index in [9.17, 15) is 0 Å². The quantitative estimate of drug-likeness (QED) is 0.618. The average Bonchev–Trinajstić information content (AvgIpc) is 3.15. The van der Waals surface area contributed by atoms with E-state index in [1.54, 1.807) is 22.3 Å². The Hall–Kier alpha value is -1.96. The summed E-state index contributed by atoms with van der Waals surface area (Å²) >= 11 is 0. The molecule has 2 aliphatic rings. The fourth-order valence-corrected chi connectivity index (χ4v) is 4.40. The van der Waals surface area contributed by atoms with Crippen LogP contribution < -0.4 is 5.84 Å². The van der Waals surface area contributed by atoms with E-state index in [2.05, 4.69) is 24.3 Å². The standard InChI is InChI=1S/C18H18N2/c19-20-15-9-7-11-3-1-5-13(11)17(15)18-14-6-2-4-12(14)8-10-16(18)20/h7-10H,1-6,19H2. The van der Waals surface area contributed by atoms with Gasteiger partial charge >= 0.3 is 0 Å². The Labute approximate surface area is 118 Å². The van der Waals surface area contributed by atoms with Gasteiger partial charge in [-0.15, -0.1) is 0 Å². The number of aryl methyl sites for hydroxylation is 4. The summed E-state index contributed by atoms with van der Waals surface area (Å²) in [7, 11) is 0. The van der Waals surface area contributed by atoms with Crippen molar-refractivity contribution in [2.75, 3.05) is 5.84 Å². The van der Waals surface area contributed by atoms with E-state index >= 15 is 0 Å². The number of nitrogens with zero attached hydrogens (tertiary/aromatic N) is 1. The van der Waals surface area contributed by atoms with E-state index in [0.717, 1.165) is 0 Å². The van der Waals surface area contributed by atoms with Crippen LogP contribution in [0.4, 0.5) is 0 Å².